The molecule has 2 heterocycles. The predicted molar refractivity (Wildman–Crippen MR) is 262 cm³/mol. The average Bonchev–Trinajstić information content (AvgIpc) is 3.30. The predicted octanol–water partition coefficient (Wildman–Crippen LogP) is 12.2. The molecule has 0 aromatic heterocycles. The highest BCUT2D eigenvalue weighted by Crippen LogP contribution is 2.40. The van der Waals surface area contributed by atoms with Gasteiger partial charge in [0.05, 0.1) is 53.2 Å². The molecule has 0 radical (unpaired) electrons. The van der Waals surface area contributed by atoms with Crippen LogP contribution in [0.25, 0.3) is 0 Å². The molecule has 19 heteroatoms. The standard InChI is InChI=1S/C31H42F3N3O4.C22H24F6N2O.CH4/c1-20-15-22(17-24(16-20)31(32,33)34)21(2)40-19-30(23-11-9-8-10-12-23)14-13-25(18-35-30)36-26(38)29(6,7)37-27(39)41-28(3,4)5;1-14(15-9-17(21(23,24)25)11-18(10-15)22(26,27)28)31-13-20(8-7-19(29)12-30-20)16-5-3-2-4-6-16;/h8-12,15-17,21,25,35H,13-14,18-19H2,1-7H3,(H,36,38)(H,37,39);2-6,9-11,14,19,30H,7-8,12-13,29H2,1H3;1H4/t21-,25+,30-;14-,19+,20-;/m11./s1. The maximum absolute atomic E-state index is 13.4. The fourth-order valence-electron chi connectivity index (χ4n) is 8.55. The number of nitrogens with two attached hydrogens (primary N) is 1. The van der Waals surface area contributed by atoms with Crippen LogP contribution in [0.3, 0.4) is 0 Å². The van der Waals surface area contributed by atoms with E-state index in [9.17, 15) is 49.1 Å². The second-order valence-corrected chi connectivity index (χ2v) is 20.3. The summed E-state index contributed by atoms with van der Waals surface area (Å²) >= 11 is 0. The molecule has 0 unspecified atom stereocenters. The number of carbonyl (C=O) groups excluding carboxylic acids is 2. The number of nitrogens with one attached hydrogen (secondary N) is 4. The molecular formula is C54H70F9N5O5. The molecule has 0 saturated carbocycles. The van der Waals surface area contributed by atoms with Crippen molar-refractivity contribution >= 4 is 12.0 Å². The van der Waals surface area contributed by atoms with Crippen LogP contribution in [0.2, 0.25) is 0 Å². The van der Waals surface area contributed by atoms with Crippen LogP contribution in [0, 0.1) is 6.92 Å². The van der Waals surface area contributed by atoms with Gasteiger partial charge in [0.15, 0.2) is 0 Å². The molecule has 0 bridgehead atoms. The molecule has 2 fully saturated rings. The Bertz CT molecular complexity index is 2380. The number of benzene rings is 4. The highest BCUT2D eigenvalue weighted by atomic mass is 19.4. The van der Waals surface area contributed by atoms with E-state index in [4.69, 9.17) is 19.9 Å². The summed E-state index contributed by atoms with van der Waals surface area (Å²) in [5.41, 5.74) is 2.17. The maximum atomic E-state index is 13.4. The van der Waals surface area contributed by atoms with Gasteiger partial charge in [0.1, 0.15) is 11.1 Å². The lowest BCUT2D eigenvalue weighted by Gasteiger charge is -2.43. The smallest absolute Gasteiger partial charge is 0.416 e. The fraction of sp³-hybridized carbons (Fsp3) is 0.519. The Morgan fingerprint density at radius 2 is 1.08 bits per heavy atom. The van der Waals surface area contributed by atoms with Gasteiger partial charge in [-0.1, -0.05) is 79.7 Å². The van der Waals surface area contributed by atoms with Crippen LogP contribution in [0.5, 0.6) is 0 Å². The number of piperidine rings is 2. The van der Waals surface area contributed by atoms with E-state index < -0.39 is 75.7 Å². The van der Waals surface area contributed by atoms with Gasteiger partial charge in [0, 0.05) is 25.2 Å². The summed E-state index contributed by atoms with van der Waals surface area (Å²) in [5, 5.41) is 12.6. The van der Waals surface area contributed by atoms with Crippen LogP contribution < -0.4 is 27.0 Å². The first kappa shape index (κ1) is 60.3. The zero-order chi connectivity index (χ0) is 53.5. The molecule has 6 N–H and O–H groups in total. The fourth-order valence-corrected chi connectivity index (χ4v) is 8.55. The van der Waals surface area contributed by atoms with E-state index in [1.54, 1.807) is 54.5 Å². The monoisotopic (exact) mass is 1040 g/mol. The minimum atomic E-state index is -4.90. The summed E-state index contributed by atoms with van der Waals surface area (Å²) in [6.07, 6.45) is -13.9. The molecule has 73 heavy (non-hydrogen) atoms. The molecule has 10 nitrogen and oxygen atoms in total. The first-order chi connectivity index (χ1) is 33.3. The normalized spacial score (nSPS) is 21.6. The van der Waals surface area contributed by atoms with Crippen molar-refractivity contribution < 1.29 is 63.3 Å². The Kier molecular flexibility index (Phi) is 19.8. The van der Waals surface area contributed by atoms with Crippen LogP contribution in [-0.2, 0) is 48.6 Å². The van der Waals surface area contributed by atoms with E-state index in [0.717, 1.165) is 23.3 Å². The summed E-state index contributed by atoms with van der Waals surface area (Å²) in [5.74, 6) is -0.341. The number of aryl methyl sites for hydroxylation is 1. The third kappa shape index (κ3) is 16.9. The van der Waals surface area contributed by atoms with E-state index in [-0.39, 0.29) is 50.3 Å². The Morgan fingerprint density at radius 1 is 0.658 bits per heavy atom. The Hall–Kier alpha value is -5.21. The van der Waals surface area contributed by atoms with Crippen molar-refractivity contribution in [1.29, 1.82) is 0 Å². The van der Waals surface area contributed by atoms with Gasteiger partial charge in [-0.3, -0.25) is 4.79 Å². The molecule has 2 aliphatic heterocycles. The van der Waals surface area contributed by atoms with Crippen LogP contribution >= 0.6 is 0 Å². The lowest BCUT2D eigenvalue weighted by Crippen LogP contribution is -2.61. The third-order valence-corrected chi connectivity index (χ3v) is 12.8. The molecule has 4 aromatic carbocycles. The molecule has 2 saturated heterocycles. The van der Waals surface area contributed by atoms with E-state index in [1.165, 1.54) is 6.92 Å². The number of amides is 2. The zero-order valence-electron chi connectivity index (χ0n) is 41.7. The quantitative estimate of drug-likeness (QED) is 0.0836. The van der Waals surface area contributed by atoms with E-state index in [1.807, 2.05) is 60.7 Å². The van der Waals surface area contributed by atoms with E-state index in [0.29, 0.717) is 62.0 Å². The summed E-state index contributed by atoms with van der Waals surface area (Å²) in [6, 6.07) is 24.4. The van der Waals surface area contributed by atoms with Gasteiger partial charge in [-0.25, -0.2) is 4.79 Å². The SMILES string of the molecule is C.C[C@@H](OC[C@@]1(c2ccccc2)CC[C@H](N)CN1)c1cc(C(F)(F)F)cc(C(F)(F)F)c1.Cc1cc([C@@H](C)OC[C@@]2(c3ccccc3)CC[C@H](NC(=O)C(C)(C)NC(=O)OC(C)(C)C)CN2)cc(C(F)(F)F)c1. The van der Waals surface area contributed by atoms with Gasteiger partial charge in [-0.05, 0) is 134 Å². The zero-order valence-corrected chi connectivity index (χ0v) is 41.7. The van der Waals surface area contributed by atoms with Crippen molar-refractivity contribution in [3.05, 3.63) is 142 Å². The summed E-state index contributed by atoms with van der Waals surface area (Å²) in [6.45, 7) is 14.6. The van der Waals surface area contributed by atoms with Gasteiger partial charge in [-0.2, -0.15) is 39.5 Å². The van der Waals surface area contributed by atoms with Gasteiger partial charge in [0.2, 0.25) is 5.91 Å². The van der Waals surface area contributed by atoms with Crippen LogP contribution in [0.15, 0.2) is 97.1 Å². The van der Waals surface area contributed by atoms with Crippen molar-refractivity contribution in [1.82, 2.24) is 21.3 Å². The van der Waals surface area contributed by atoms with E-state index in [2.05, 4.69) is 21.3 Å². The van der Waals surface area contributed by atoms with E-state index >= 15 is 0 Å². The van der Waals surface area contributed by atoms with Crippen molar-refractivity contribution in [2.75, 3.05) is 26.3 Å². The lowest BCUT2D eigenvalue weighted by molar-refractivity contribution is -0.143. The van der Waals surface area contributed by atoms with Crippen LogP contribution in [0.1, 0.15) is 138 Å². The van der Waals surface area contributed by atoms with Crippen LogP contribution in [-0.4, -0.2) is 61.5 Å². The number of halogens is 9. The van der Waals surface area contributed by atoms with Gasteiger partial charge >= 0.3 is 24.6 Å². The minimum absolute atomic E-state index is 0. The second-order valence-electron chi connectivity index (χ2n) is 20.3. The van der Waals surface area contributed by atoms with Gasteiger partial charge in [0.25, 0.3) is 0 Å². The second kappa shape index (κ2) is 24.0. The van der Waals surface area contributed by atoms with Gasteiger partial charge < -0.3 is 41.2 Å². The molecule has 6 rings (SSSR count). The maximum Gasteiger partial charge on any atom is 0.416 e. The van der Waals surface area contributed by atoms with Crippen LogP contribution in [0.4, 0.5) is 44.3 Å². The molecular weight excluding hydrogens is 970 g/mol. The number of hydrogen-bond donors (Lipinski definition) is 5. The molecule has 0 aliphatic carbocycles. The van der Waals surface area contributed by atoms with Crippen molar-refractivity contribution in [3.8, 4) is 0 Å². The van der Waals surface area contributed by atoms with Crippen molar-refractivity contribution in [2.45, 2.75) is 154 Å². The van der Waals surface area contributed by atoms with Crippen molar-refractivity contribution in [2.24, 2.45) is 5.73 Å². The minimum Gasteiger partial charge on any atom is -0.444 e. The largest absolute Gasteiger partial charge is 0.444 e. The van der Waals surface area contributed by atoms with Crippen molar-refractivity contribution in [3.63, 3.8) is 0 Å². The number of ether oxygens (including phenoxy) is 3. The lowest BCUT2D eigenvalue weighted by atomic mass is 9.81. The Balaban J connectivity index is 0.000000324. The number of alkyl carbamates (subject to hydrolysis) is 1. The highest BCUT2D eigenvalue weighted by Gasteiger charge is 2.42. The molecule has 404 valence electrons. The third-order valence-electron chi connectivity index (χ3n) is 12.8. The highest BCUT2D eigenvalue weighted by molar-refractivity contribution is 5.89. The molecule has 2 amide bonds. The summed E-state index contributed by atoms with van der Waals surface area (Å²) < 4.78 is 137. The molecule has 4 aromatic rings. The Labute approximate surface area is 422 Å². The Morgan fingerprint density at radius 3 is 1.48 bits per heavy atom. The first-order valence-corrected chi connectivity index (χ1v) is 23.7. The average molecular weight is 1040 g/mol. The van der Waals surface area contributed by atoms with Gasteiger partial charge in [-0.15, -0.1) is 0 Å². The summed E-state index contributed by atoms with van der Waals surface area (Å²) in [7, 11) is 0. The number of carbonyl (C=O) groups is 2. The summed E-state index contributed by atoms with van der Waals surface area (Å²) in [4.78, 5) is 25.3. The molecule has 2 aliphatic rings. The number of rotatable bonds is 13. The molecule has 0 spiro atoms. The topological polar surface area (TPSA) is 136 Å². The number of hydrogen-bond acceptors (Lipinski definition) is 8. The number of alkyl halides is 9. The molecule has 6 atom stereocenters. The first-order valence-electron chi connectivity index (χ1n) is 23.7.